The molecular weight excluding hydrogens is 746 g/mol. The number of nitrogens with zero attached hydrogens (tertiary/aromatic N) is 3. The monoisotopic (exact) mass is 799 g/mol. The van der Waals surface area contributed by atoms with Crippen molar-refractivity contribution in [1.29, 1.82) is 0 Å². The second kappa shape index (κ2) is 16.5. The van der Waals surface area contributed by atoms with E-state index in [0.29, 0.717) is 4.90 Å². The minimum atomic E-state index is -3.12. The molecule has 4 atom stereocenters. The summed E-state index contributed by atoms with van der Waals surface area (Å²) in [6, 6.07) is 21.0. The Balaban J connectivity index is 1.75. The summed E-state index contributed by atoms with van der Waals surface area (Å²) in [5.41, 5.74) is -3.88. The van der Waals surface area contributed by atoms with Crippen LogP contribution in [0.2, 0.25) is 5.04 Å². The maximum Gasteiger partial charge on any atom is 0.509 e. The molecule has 2 amide bonds. The van der Waals surface area contributed by atoms with Crippen LogP contribution in [0.4, 0.5) is 24.6 Å². The summed E-state index contributed by atoms with van der Waals surface area (Å²) >= 11 is 1.05. The van der Waals surface area contributed by atoms with Crippen LogP contribution in [0.3, 0.4) is 0 Å². The highest BCUT2D eigenvalue weighted by atomic mass is 32.2. The summed E-state index contributed by atoms with van der Waals surface area (Å²) in [6.45, 7) is 21.0. The average Bonchev–Trinajstić information content (AvgIpc) is 3.33. The number of thioether (sulfide) groups is 1. The van der Waals surface area contributed by atoms with Crippen molar-refractivity contribution in [3.05, 3.63) is 83.4 Å². The number of aromatic nitrogens is 2. The van der Waals surface area contributed by atoms with Crippen molar-refractivity contribution in [3.8, 4) is 0 Å². The van der Waals surface area contributed by atoms with E-state index in [1.54, 1.807) is 62.3 Å². The minimum absolute atomic E-state index is 0.0480. The fraction of sp³-hybridized carbons (Fsp3) is 0.525. The molecule has 300 valence electrons. The van der Waals surface area contributed by atoms with Gasteiger partial charge in [-0.05, 0) is 83.8 Å². The molecule has 1 aromatic heterocycles. The highest BCUT2D eigenvalue weighted by Gasteiger charge is 2.54. The number of hydrogen-bond acceptors (Lipinski definition) is 11. The SMILES string of the molecule is CC(C)(C)OC(=O)O[C@H]1[C@H](F)[C@H](n2ccc(N(C(=O)OC(C)(C)C)C(=O)OC(C)(C)C)nc2=O)S[C@@H]1CO[Si](c1ccccc1)(c1ccccc1)C(C)(C)C. The number of benzene rings is 2. The van der Waals surface area contributed by atoms with Crippen molar-refractivity contribution in [2.24, 2.45) is 0 Å². The minimum Gasteiger partial charge on any atom is -0.443 e. The maximum atomic E-state index is 16.8. The Morgan fingerprint density at radius 3 is 1.65 bits per heavy atom. The Kier molecular flexibility index (Phi) is 13.0. The van der Waals surface area contributed by atoms with E-state index in [4.69, 9.17) is 23.4 Å². The molecule has 2 heterocycles. The summed E-state index contributed by atoms with van der Waals surface area (Å²) in [7, 11) is -3.12. The van der Waals surface area contributed by atoms with Crippen LogP contribution < -0.4 is 21.0 Å². The van der Waals surface area contributed by atoms with Gasteiger partial charge in [-0.3, -0.25) is 4.57 Å². The van der Waals surface area contributed by atoms with Crippen molar-refractivity contribution in [1.82, 2.24) is 9.55 Å². The summed E-state index contributed by atoms with van der Waals surface area (Å²) < 4.78 is 46.9. The molecule has 15 heteroatoms. The molecule has 55 heavy (non-hydrogen) atoms. The molecule has 1 saturated heterocycles. The zero-order valence-electron chi connectivity index (χ0n) is 33.7. The molecule has 2 aromatic carbocycles. The highest BCUT2D eigenvalue weighted by Crippen LogP contribution is 2.46. The number of anilines is 1. The third kappa shape index (κ3) is 10.8. The second-order valence-corrected chi connectivity index (χ2v) is 23.0. The van der Waals surface area contributed by atoms with Crippen LogP contribution in [-0.4, -0.2) is 77.1 Å². The highest BCUT2D eigenvalue weighted by molar-refractivity contribution is 8.00. The summed E-state index contributed by atoms with van der Waals surface area (Å²) in [6.07, 6.45) is -5.39. The largest absolute Gasteiger partial charge is 0.509 e. The fourth-order valence-electron chi connectivity index (χ4n) is 6.15. The van der Waals surface area contributed by atoms with Gasteiger partial charge in [0.15, 0.2) is 18.1 Å². The number of carbonyl (C=O) groups is 3. The van der Waals surface area contributed by atoms with Crippen LogP contribution in [0.15, 0.2) is 77.7 Å². The first-order valence-electron chi connectivity index (χ1n) is 18.1. The van der Waals surface area contributed by atoms with E-state index in [-0.39, 0.29) is 12.4 Å². The smallest absolute Gasteiger partial charge is 0.443 e. The first-order chi connectivity index (χ1) is 25.3. The molecule has 12 nitrogen and oxygen atoms in total. The number of alkyl halides is 1. The Labute approximate surface area is 328 Å². The van der Waals surface area contributed by atoms with Gasteiger partial charge in [-0.25, -0.2) is 23.6 Å². The first-order valence-corrected chi connectivity index (χ1v) is 21.0. The van der Waals surface area contributed by atoms with Crippen molar-refractivity contribution in [2.75, 3.05) is 11.5 Å². The third-order valence-electron chi connectivity index (χ3n) is 8.24. The summed E-state index contributed by atoms with van der Waals surface area (Å²) in [5, 5.41) is -0.443. The van der Waals surface area contributed by atoms with Gasteiger partial charge in [0.1, 0.15) is 22.2 Å². The molecule has 0 N–H and O–H groups in total. The Morgan fingerprint density at radius 2 is 1.24 bits per heavy atom. The van der Waals surface area contributed by atoms with Crippen LogP contribution in [0.1, 0.15) is 88.5 Å². The van der Waals surface area contributed by atoms with E-state index in [9.17, 15) is 19.2 Å². The lowest BCUT2D eigenvalue weighted by atomic mass is 10.1. The van der Waals surface area contributed by atoms with Gasteiger partial charge in [-0.15, -0.1) is 11.8 Å². The maximum absolute atomic E-state index is 16.8. The molecule has 1 fully saturated rings. The van der Waals surface area contributed by atoms with Gasteiger partial charge in [-0.2, -0.15) is 9.88 Å². The van der Waals surface area contributed by atoms with Gasteiger partial charge in [0.25, 0.3) is 8.32 Å². The third-order valence-corrected chi connectivity index (χ3v) is 14.8. The molecule has 0 spiro atoms. The standard InChI is InChI=1S/C40H54FN3O9SSi/c1-37(2,3)51-34(46)44(35(47)52-38(4,5)6)29-23-24-43(33(45)42-29)32-30(41)31(50-36(48)53-39(7,8)9)28(54-32)25-49-55(40(10,11)12,26-19-15-13-16-20-26)27-21-17-14-18-22-27/h13-24,28,30-32H,25H2,1-12H3/t28-,30+,31-,32-/m1/s1. The van der Waals surface area contributed by atoms with Crippen LogP contribution >= 0.6 is 11.8 Å². The van der Waals surface area contributed by atoms with Crippen LogP contribution in [0.25, 0.3) is 0 Å². The quantitative estimate of drug-likeness (QED) is 0.126. The van der Waals surface area contributed by atoms with Crippen molar-refractivity contribution < 1.29 is 42.1 Å². The van der Waals surface area contributed by atoms with Gasteiger partial charge in [0, 0.05) is 6.20 Å². The second-order valence-electron chi connectivity index (χ2n) is 17.3. The molecule has 3 aromatic rings. The predicted molar refractivity (Wildman–Crippen MR) is 213 cm³/mol. The van der Waals surface area contributed by atoms with Gasteiger partial charge in [0.2, 0.25) is 0 Å². The summed E-state index contributed by atoms with van der Waals surface area (Å²) in [5.74, 6) is -0.378. The van der Waals surface area contributed by atoms with Gasteiger partial charge in [0.05, 0.1) is 11.9 Å². The molecule has 0 bridgehead atoms. The first kappa shape index (κ1) is 43.5. The van der Waals surface area contributed by atoms with E-state index in [0.717, 1.165) is 26.7 Å². The van der Waals surface area contributed by atoms with E-state index >= 15 is 4.39 Å². The molecule has 0 unspecified atom stereocenters. The molecule has 4 rings (SSSR count). The zero-order valence-corrected chi connectivity index (χ0v) is 35.6. The zero-order chi connectivity index (χ0) is 41.1. The topological polar surface area (TPSA) is 135 Å². The average molecular weight is 800 g/mol. The molecule has 0 saturated carbocycles. The Hall–Kier alpha value is -4.21. The van der Waals surface area contributed by atoms with E-state index in [1.165, 1.54) is 12.3 Å². The number of amides is 2. The molecular formula is C40H54FN3O9SSi. The van der Waals surface area contributed by atoms with E-state index in [1.807, 2.05) is 60.7 Å². The van der Waals surface area contributed by atoms with Crippen LogP contribution in [0, 0.1) is 0 Å². The lowest BCUT2D eigenvalue weighted by Crippen LogP contribution is -2.67. The van der Waals surface area contributed by atoms with Crippen LogP contribution in [0.5, 0.6) is 0 Å². The number of carbonyl (C=O) groups excluding carboxylic acids is 3. The molecule has 1 aliphatic rings. The molecule has 0 radical (unpaired) electrons. The number of ether oxygens (including phenoxy) is 4. The van der Waals surface area contributed by atoms with Gasteiger partial charge >= 0.3 is 24.0 Å². The number of hydrogen-bond donors (Lipinski definition) is 0. The van der Waals surface area contributed by atoms with Crippen molar-refractivity contribution in [2.45, 2.75) is 128 Å². The van der Waals surface area contributed by atoms with Crippen molar-refractivity contribution >= 4 is 54.6 Å². The fourth-order valence-corrected chi connectivity index (χ4v) is 12.3. The lowest BCUT2D eigenvalue weighted by Gasteiger charge is -2.43. The number of rotatable bonds is 8. The van der Waals surface area contributed by atoms with Gasteiger partial charge in [-0.1, -0.05) is 81.4 Å². The van der Waals surface area contributed by atoms with Crippen molar-refractivity contribution in [3.63, 3.8) is 0 Å². The lowest BCUT2D eigenvalue weighted by molar-refractivity contribution is -0.0457. The number of halogens is 1. The Bertz CT molecular complexity index is 1800. The predicted octanol–water partition coefficient (Wildman–Crippen LogP) is 7.77. The van der Waals surface area contributed by atoms with Gasteiger partial charge < -0.3 is 23.4 Å². The summed E-state index contributed by atoms with van der Waals surface area (Å²) in [4.78, 5) is 57.7. The normalized spacial score (nSPS) is 19.4. The molecule has 1 aliphatic heterocycles. The van der Waals surface area contributed by atoms with E-state index < -0.39 is 77.1 Å². The van der Waals surface area contributed by atoms with Crippen LogP contribution in [-0.2, 0) is 23.4 Å². The molecule has 0 aliphatic carbocycles. The Morgan fingerprint density at radius 1 is 0.764 bits per heavy atom. The van der Waals surface area contributed by atoms with E-state index in [2.05, 4.69) is 25.8 Å². The number of imide groups is 1.